The van der Waals surface area contributed by atoms with Crippen LogP contribution in [0.4, 0.5) is 0 Å². The van der Waals surface area contributed by atoms with Crippen LogP contribution in [0.25, 0.3) is 0 Å². The molecule has 1 fully saturated rings. The first-order chi connectivity index (χ1) is 7.84. The van der Waals surface area contributed by atoms with Crippen molar-refractivity contribution in [1.82, 2.24) is 10.6 Å². The summed E-state index contributed by atoms with van der Waals surface area (Å²) in [7, 11) is 0. The number of ether oxygens (including phenoxy) is 1. The van der Waals surface area contributed by atoms with E-state index in [1.807, 2.05) is 0 Å². The highest BCUT2D eigenvalue weighted by Gasteiger charge is 2.21. The van der Waals surface area contributed by atoms with Crippen molar-refractivity contribution in [1.29, 1.82) is 0 Å². The highest BCUT2D eigenvalue weighted by molar-refractivity contribution is 5.79. The van der Waals surface area contributed by atoms with Gasteiger partial charge in [-0.3, -0.25) is 4.79 Å². The van der Waals surface area contributed by atoms with Gasteiger partial charge in [-0.1, -0.05) is 13.3 Å². The van der Waals surface area contributed by atoms with Crippen LogP contribution >= 0.6 is 0 Å². The van der Waals surface area contributed by atoms with Crippen LogP contribution in [0, 0.1) is 5.92 Å². The molecule has 1 amide bonds. The van der Waals surface area contributed by atoms with Crippen LogP contribution < -0.4 is 10.6 Å². The van der Waals surface area contributed by atoms with Gasteiger partial charge in [0, 0.05) is 26.3 Å². The second-order valence-electron chi connectivity index (χ2n) is 4.30. The standard InChI is InChI=1S/C12H24N2O2/c1-2-3-8-16-9-4-6-14-12(15)11-5-7-13-10-11/h11,13H,2-10H2,1H3,(H,14,15). The molecule has 4 heteroatoms. The number of rotatable bonds is 8. The van der Waals surface area contributed by atoms with Gasteiger partial charge in [0.25, 0.3) is 0 Å². The van der Waals surface area contributed by atoms with E-state index in [0.29, 0.717) is 0 Å². The van der Waals surface area contributed by atoms with Gasteiger partial charge in [0.2, 0.25) is 5.91 Å². The van der Waals surface area contributed by atoms with Gasteiger partial charge in [-0.05, 0) is 25.8 Å². The largest absolute Gasteiger partial charge is 0.381 e. The van der Waals surface area contributed by atoms with E-state index in [9.17, 15) is 4.79 Å². The summed E-state index contributed by atoms with van der Waals surface area (Å²) in [6.45, 7) is 6.29. The predicted molar refractivity (Wildman–Crippen MR) is 64.3 cm³/mol. The van der Waals surface area contributed by atoms with E-state index in [4.69, 9.17) is 4.74 Å². The molecule has 1 saturated heterocycles. The highest BCUT2D eigenvalue weighted by atomic mass is 16.5. The van der Waals surface area contributed by atoms with E-state index in [1.54, 1.807) is 0 Å². The average molecular weight is 228 g/mol. The van der Waals surface area contributed by atoms with Gasteiger partial charge in [-0.25, -0.2) is 0 Å². The highest BCUT2D eigenvalue weighted by Crippen LogP contribution is 2.06. The summed E-state index contributed by atoms with van der Waals surface area (Å²) in [6, 6.07) is 0. The fraction of sp³-hybridized carbons (Fsp3) is 0.917. The quantitative estimate of drug-likeness (QED) is 0.607. The van der Waals surface area contributed by atoms with Crippen LogP contribution in [0.2, 0.25) is 0 Å². The van der Waals surface area contributed by atoms with Crippen molar-refractivity contribution in [2.45, 2.75) is 32.6 Å². The Morgan fingerprint density at radius 2 is 2.25 bits per heavy atom. The van der Waals surface area contributed by atoms with Crippen LogP contribution in [0.3, 0.4) is 0 Å². The van der Waals surface area contributed by atoms with Crippen molar-refractivity contribution >= 4 is 5.91 Å². The zero-order valence-electron chi connectivity index (χ0n) is 10.3. The van der Waals surface area contributed by atoms with Crippen LogP contribution in [-0.2, 0) is 9.53 Å². The SMILES string of the molecule is CCCCOCCCNC(=O)C1CCNC1. The molecule has 1 unspecified atom stereocenters. The molecule has 0 aromatic heterocycles. The van der Waals surface area contributed by atoms with Crippen LogP contribution in [0.15, 0.2) is 0 Å². The fourth-order valence-corrected chi connectivity index (χ4v) is 1.76. The van der Waals surface area contributed by atoms with Crippen LogP contribution in [0.1, 0.15) is 32.6 Å². The molecule has 16 heavy (non-hydrogen) atoms. The Hall–Kier alpha value is -0.610. The summed E-state index contributed by atoms with van der Waals surface area (Å²) in [4.78, 5) is 11.6. The maximum Gasteiger partial charge on any atom is 0.224 e. The Labute approximate surface area is 98.1 Å². The third-order valence-corrected chi connectivity index (χ3v) is 2.84. The van der Waals surface area contributed by atoms with E-state index in [1.165, 1.54) is 6.42 Å². The summed E-state index contributed by atoms with van der Waals surface area (Å²) < 4.78 is 5.42. The first-order valence-electron chi connectivity index (χ1n) is 6.40. The second-order valence-corrected chi connectivity index (χ2v) is 4.30. The Bertz CT molecular complexity index is 191. The molecule has 1 aliphatic rings. The van der Waals surface area contributed by atoms with E-state index in [0.717, 1.165) is 52.1 Å². The van der Waals surface area contributed by atoms with Crippen LogP contribution in [0.5, 0.6) is 0 Å². The molecule has 4 nitrogen and oxygen atoms in total. The number of amides is 1. The predicted octanol–water partition coefficient (Wildman–Crippen LogP) is 0.919. The third kappa shape index (κ3) is 5.47. The maximum atomic E-state index is 11.6. The molecule has 0 radical (unpaired) electrons. The van der Waals surface area contributed by atoms with E-state index < -0.39 is 0 Å². The molecule has 2 N–H and O–H groups in total. The zero-order valence-corrected chi connectivity index (χ0v) is 10.3. The van der Waals surface area contributed by atoms with Gasteiger partial charge < -0.3 is 15.4 Å². The Morgan fingerprint density at radius 1 is 1.44 bits per heavy atom. The minimum absolute atomic E-state index is 0.181. The Kier molecular flexibility index (Phi) is 7.17. The molecule has 0 saturated carbocycles. The van der Waals surface area contributed by atoms with Crippen molar-refractivity contribution in [3.8, 4) is 0 Å². The maximum absolute atomic E-state index is 11.6. The number of hydrogen-bond donors (Lipinski definition) is 2. The van der Waals surface area contributed by atoms with Gasteiger partial charge in [0.05, 0.1) is 5.92 Å². The van der Waals surface area contributed by atoms with Gasteiger partial charge in [0.1, 0.15) is 0 Å². The second kappa shape index (κ2) is 8.53. The minimum atomic E-state index is 0.181. The minimum Gasteiger partial charge on any atom is -0.381 e. The number of unbranched alkanes of at least 4 members (excludes halogenated alkanes) is 1. The lowest BCUT2D eigenvalue weighted by Crippen LogP contribution is -2.32. The molecule has 1 rings (SSSR count). The Morgan fingerprint density at radius 3 is 2.94 bits per heavy atom. The molecule has 1 atom stereocenters. The molecular weight excluding hydrogens is 204 g/mol. The first kappa shape index (κ1) is 13.5. The van der Waals surface area contributed by atoms with Crippen molar-refractivity contribution in [3.63, 3.8) is 0 Å². The number of carbonyl (C=O) groups is 1. The fourth-order valence-electron chi connectivity index (χ4n) is 1.76. The van der Waals surface area contributed by atoms with E-state index >= 15 is 0 Å². The topological polar surface area (TPSA) is 50.4 Å². The number of carbonyl (C=O) groups excluding carboxylic acids is 1. The molecule has 0 aromatic carbocycles. The van der Waals surface area contributed by atoms with E-state index in [2.05, 4.69) is 17.6 Å². The van der Waals surface area contributed by atoms with Crippen molar-refractivity contribution in [2.24, 2.45) is 5.92 Å². The third-order valence-electron chi connectivity index (χ3n) is 2.84. The number of nitrogens with one attached hydrogen (secondary N) is 2. The van der Waals surface area contributed by atoms with Gasteiger partial charge >= 0.3 is 0 Å². The molecule has 1 heterocycles. The van der Waals surface area contributed by atoms with Crippen LogP contribution in [-0.4, -0.2) is 38.8 Å². The molecule has 0 aliphatic carbocycles. The molecule has 1 aliphatic heterocycles. The smallest absolute Gasteiger partial charge is 0.224 e. The van der Waals surface area contributed by atoms with Crippen molar-refractivity contribution in [2.75, 3.05) is 32.8 Å². The lowest BCUT2D eigenvalue weighted by molar-refractivity contribution is -0.124. The molecule has 0 bridgehead atoms. The summed E-state index contributed by atoms with van der Waals surface area (Å²) in [5, 5.41) is 6.15. The van der Waals surface area contributed by atoms with Gasteiger partial charge in [-0.15, -0.1) is 0 Å². The van der Waals surface area contributed by atoms with Gasteiger partial charge in [0.15, 0.2) is 0 Å². The van der Waals surface area contributed by atoms with Crippen molar-refractivity contribution in [3.05, 3.63) is 0 Å². The lowest BCUT2D eigenvalue weighted by atomic mass is 10.1. The molecule has 94 valence electrons. The molecular formula is C12H24N2O2. The lowest BCUT2D eigenvalue weighted by Gasteiger charge is -2.09. The Balaban J connectivity index is 1.88. The monoisotopic (exact) mass is 228 g/mol. The summed E-state index contributed by atoms with van der Waals surface area (Å²) in [5.74, 6) is 0.375. The van der Waals surface area contributed by atoms with E-state index in [-0.39, 0.29) is 11.8 Å². The number of hydrogen-bond acceptors (Lipinski definition) is 3. The molecule has 0 spiro atoms. The zero-order chi connectivity index (χ0) is 11.6. The van der Waals surface area contributed by atoms with Crippen molar-refractivity contribution < 1.29 is 9.53 Å². The van der Waals surface area contributed by atoms with Gasteiger partial charge in [-0.2, -0.15) is 0 Å². The normalized spacial score (nSPS) is 19.9. The summed E-state index contributed by atoms with van der Waals surface area (Å²) >= 11 is 0. The summed E-state index contributed by atoms with van der Waals surface area (Å²) in [6.07, 6.45) is 4.18. The first-order valence-corrected chi connectivity index (χ1v) is 6.40. The average Bonchev–Trinajstić information content (AvgIpc) is 2.81. The summed E-state index contributed by atoms with van der Waals surface area (Å²) in [5.41, 5.74) is 0. The molecule has 0 aromatic rings.